The Kier molecular flexibility index (Phi) is 4.04. The van der Waals surface area contributed by atoms with Crippen molar-refractivity contribution in [2.75, 3.05) is 6.61 Å². The quantitative estimate of drug-likeness (QED) is 0.405. The zero-order valence-electron chi connectivity index (χ0n) is 14.1. The first kappa shape index (κ1) is 16.5. The zero-order chi connectivity index (χ0) is 18.3. The van der Waals surface area contributed by atoms with Gasteiger partial charge in [-0.15, -0.1) is 0 Å². The third kappa shape index (κ3) is 2.59. The van der Waals surface area contributed by atoms with Gasteiger partial charge in [-0.1, -0.05) is 18.2 Å². The minimum Gasteiger partial charge on any atom is -0.464 e. The van der Waals surface area contributed by atoms with Crippen LogP contribution in [-0.2, 0) is 9.53 Å². The molecule has 4 rings (SSSR count). The molecule has 0 saturated heterocycles. The molecule has 3 heterocycles. The fourth-order valence-electron chi connectivity index (χ4n) is 2.86. The molecule has 9 heteroatoms. The van der Waals surface area contributed by atoms with E-state index < -0.39 is 6.04 Å². The molecule has 0 aliphatic carbocycles. The van der Waals surface area contributed by atoms with Gasteiger partial charge in [-0.25, -0.2) is 14.5 Å². The Hall–Kier alpha value is -3.00. The normalized spacial score (nSPS) is 12.6. The lowest BCUT2D eigenvalue weighted by Gasteiger charge is -2.14. The molecule has 1 atom stereocenters. The van der Waals surface area contributed by atoms with Gasteiger partial charge in [0, 0.05) is 5.39 Å². The summed E-state index contributed by atoms with van der Waals surface area (Å²) in [6, 6.07) is 7.14. The van der Waals surface area contributed by atoms with Gasteiger partial charge < -0.3 is 9.30 Å². The Morgan fingerprint density at radius 3 is 2.92 bits per heavy atom. The highest BCUT2D eigenvalue weighted by Gasteiger charge is 2.23. The van der Waals surface area contributed by atoms with Gasteiger partial charge in [0.25, 0.3) is 0 Å². The van der Waals surface area contributed by atoms with Crippen LogP contribution in [0.1, 0.15) is 19.9 Å². The summed E-state index contributed by atoms with van der Waals surface area (Å²) in [4.78, 5) is 25.0. The van der Waals surface area contributed by atoms with E-state index in [-0.39, 0.29) is 11.3 Å². The maximum absolute atomic E-state index is 12.2. The van der Waals surface area contributed by atoms with Crippen LogP contribution < -0.4 is 0 Å². The second-order valence-electron chi connectivity index (χ2n) is 5.68. The van der Waals surface area contributed by atoms with Crippen molar-refractivity contribution in [2.45, 2.75) is 19.9 Å². The first-order valence-corrected chi connectivity index (χ1v) is 8.47. The number of hydrogen-bond donors (Lipinski definition) is 0. The summed E-state index contributed by atoms with van der Waals surface area (Å²) in [5.41, 5.74) is 1.81. The van der Waals surface area contributed by atoms with E-state index in [1.165, 1.54) is 6.33 Å². The molecule has 0 spiro atoms. The highest BCUT2D eigenvalue weighted by Crippen LogP contribution is 2.26. The first-order valence-electron chi connectivity index (χ1n) is 8.10. The minimum atomic E-state index is -0.592. The van der Waals surface area contributed by atoms with Gasteiger partial charge in [0.05, 0.1) is 24.6 Å². The summed E-state index contributed by atoms with van der Waals surface area (Å²) in [6.45, 7) is 3.80. The number of carbonyl (C=O) groups excluding carboxylic acids is 1. The zero-order valence-corrected chi connectivity index (χ0v) is 14.9. The maximum Gasteiger partial charge on any atom is 0.328 e. The Bertz CT molecular complexity index is 1120. The fourth-order valence-corrected chi connectivity index (χ4v) is 3.02. The van der Waals surface area contributed by atoms with Crippen LogP contribution in [0.25, 0.3) is 27.9 Å². The number of para-hydroxylation sites is 1. The van der Waals surface area contributed by atoms with Crippen LogP contribution in [0.15, 0.2) is 36.8 Å². The largest absolute Gasteiger partial charge is 0.464 e. The minimum absolute atomic E-state index is 0.0566. The number of benzene rings is 1. The number of aromatic nitrogens is 6. The van der Waals surface area contributed by atoms with Gasteiger partial charge >= 0.3 is 5.97 Å². The lowest BCUT2D eigenvalue weighted by molar-refractivity contribution is -0.146. The van der Waals surface area contributed by atoms with Crippen molar-refractivity contribution < 1.29 is 9.53 Å². The van der Waals surface area contributed by atoms with E-state index in [0.29, 0.717) is 23.6 Å². The molecule has 0 saturated carbocycles. The predicted molar refractivity (Wildman–Crippen MR) is 96.3 cm³/mol. The molecule has 0 bridgehead atoms. The van der Waals surface area contributed by atoms with E-state index in [1.807, 2.05) is 24.3 Å². The van der Waals surface area contributed by atoms with Gasteiger partial charge in [-0.3, -0.25) is 0 Å². The smallest absolute Gasteiger partial charge is 0.328 e. The molecule has 0 aliphatic rings. The van der Waals surface area contributed by atoms with E-state index in [1.54, 1.807) is 29.3 Å². The summed E-state index contributed by atoms with van der Waals surface area (Å²) >= 11 is 6.09. The number of rotatable bonds is 4. The average Bonchev–Trinajstić information content (AvgIpc) is 3.24. The van der Waals surface area contributed by atoms with Crippen LogP contribution in [0.4, 0.5) is 0 Å². The van der Waals surface area contributed by atoms with Crippen molar-refractivity contribution in [3.63, 3.8) is 0 Å². The lowest BCUT2D eigenvalue weighted by atomic mass is 10.2. The van der Waals surface area contributed by atoms with Crippen molar-refractivity contribution in [3.8, 4) is 5.82 Å². The molecule has 0 aliphatic heterocycles. The highest BCUT2D eigenvalue weighted by molar-refractivity contribution is 6.28. The number of nitrogens with zero attached hydrogens (tertiary/aromatic N) is 6. The van der Waals surface area contributed by atoms with Crippen LogP contribution in [0, 0.1) is 0 Å². The van der Waals surface area contributed by atoms with E-state index in [2.05, 4.69) is 20.1 Å². The average molecular weight is 371 g/mol. The molecule has 26 heavy (non-hydrogen) atoms. The molecule has 1 aromatic carbocycles. The van der Waals surface area contributed by atoms with Gasteiger partial charge in [0.2, 0.25) is 5.28 Å². The lowest BCUT2D eigenvalue weighted by Crippen LogP contribution is -2.19. The van der Waals surface area contributed by atoms with Crippen LogP contribution in [0.5, 0.6) is 0 Å². The van der Waals surface area contributed by atoms with Crippen LogP contribution in [0.3, 0.4) is 0 Å². The number of fused-ring (bicyclic) bond motifs is 2. The summed E-state index contributed by atoms with van der Waals surface area (Å²) in [6.07, 6.45) is 3.28. The number of halogens is 1. The second kappa shape index (κ2) is 6.38. The van der Waals surface area contributed by atoms with Crippen molar-refractivity contribution in [1.82, 2.24) is 29.3 Å². The first-order chi connectivity index (χ1) is 12.6. The molecule has 0 radical (unpaired) electrons. The molecule has 0 fully saturated rings. The fraction of sp³-hybridized carbons (Fsp3) is 0.235. The van der Waals surface area contributed by atoms with Crippen LogP contribution >= 0.6 is 11.6 Å². The highest BCUT2D eigenvalue weighted by atomic mass is 35.5. The van der Waals surface area contributed by atoms with Crippen molar-refractivity contribution in [2.24, 2.45) is 0 Å². The van der Waals surface area contributed by atoms with Crippen LogP contribution in [0.2, 0.25) is 5.28 Å². The molecule has 4 aromatic rings. The standard InChI is InChI=1S/C17H15ClN6O2/c1-3-26-16(25)10(2)23-9-19-14-13(23)15(22-17(18)21-14)24-12-7-5-4-6-11(12)8-20-24/h4-10H,3H2,1-2H3. The van der Waals surface area contributed by atoms with E-state index in [4.69, 9.17) is 16.3 Å². The molecule has 3 aromatic heterocycles. The number of imidazole rings is 1. The number of carbonyl (C=O) groups is 1. The topological polar surface area (TPSA) is 87.7 Å². The summed E-state index contributed by atoms with van der Waals surface area (Å²) in [5, 5.41) is 5.44. The number of ether oxygens (including phenoxy) is 1. The van der Waals surface area contributed by atoms with Gasteiger partial charge in [-0.2, -0.15) is 15.1 Å². The molecule has 132 valence electrons. The third-order valence-corrected chi connectivity index (χ3v) is 4.27. The predicted octanol–water partition coefficient (Wildman–Crippen LogP) is 2.94. The second-order valence-corrected chi connectivity index (χ2v) is 6.02. The molecule has 0 amide bonds. The molecular weight excluding hydrogens is 356 g/mol. The Balaban J connectivity index is 1.97. The van der Waals surface area contributed by atoms with Crippen molar-refractivity contribution in [1.29, 1.82) is 0 Å². The molecule has 0 N–H and O–H groups in total. The molecule has 8 nitrogen and oxygen atoms in total. The summed E-state index contributed by atoms with van der Waals surface area (Å²) < 4.78 is 8.47. The van der Waals surface area contributed by atoms with E-state index in [0.717, 1.165) is 10.9 Å². The Morgan fingerprint density at radius 1 is 1.31 bits per heavy atom. The number of esters is 1. The molecule has 1 unspecified atom stereocenters. The summed E-state index contributed by atoms with van der Waals surface area (Å²) in [7, 11) is 0. The monoisotopic (exact) mass is 370 g/mol. The number of hydrogen-bond acceptors (Lipinski definition) is 6. The Labute approximate surface area is 153 Å². The molecular formula is C17H15ClN6O2. The van der Waals surface area contributed by atoms with Gasteiger partial charge in [0.15, 0.2) is 11.5 Å². The Morgan fingerprint density at radius 2 is 2.12 bits per heavy atom. The van der Waals surface area contributed by atoms with Crippen LogP contribution in [-0.4, -0.2) is 41.9 Å². The SMILES string of the molecule is CCOC(=O)C(C)n1cnc2nc(Cl)nc(-n3ncc4ccccc43)c21. The summed E-state index contributed by atoms with van der Waals surface area (Å²) in [5.74, 6) is 0.0906. The van der Waals surface area contributed by atoms with E-state index in [9.17, 15) is 4.79 Å². The van der Waals surface area contributed by atoms with Gasteiger partial charge in [-0.05, 0) is 31.5 Å². The maximum atomic E-state index is 12.2. The third-order valence-electron chi connectivity index (χ3n) is 4.11. The van der Waals surface area contributed by atoms with Gasteiger partial charge in [0.1, 0.15) is 11.6 Å². The van der Waals surface area contributed by atoms with E-state index >= 15 is 0 Å². The van der Waals surface area contributed by atoms with Crippen molar-refractivity contribution >= 4 is 39.6 Å². The van der Waals surface area contributed by atoms with Crippen molar-refractivity contribution in [3.05, 3.63) is 42.1 Å².